The number of nitrogens with one attached hydrogen (secondary N) is 1. The van der Waals surface area contributed by atoms with E-state index < -0.39 is 0 Å². The van der Waals surface area contributed by atoms with Crippen LogP contribution in [0, 0.1) is 0 Å². The van der Waals surface area contributed by atoms with Crippen molar-refractivity contribution in [2.75, 3.05) is 6.54 Å². The first-order valence-electron chi connectivity index (χ1n) is 6.43. The average molecular weight is 250 g/mol. The van der Waals surface area contributed by atoms with Gasteiger partial charge in [0, 0.05) is 22.5 Å². The van der Waals surface area contributed by atoms with E-state index in [1.54, 1.807) is 0 Å². The molecular weight excluding hydrogens is 228 g/mol. The van der Waals surface area contributed by atoms with Crippen molar-refractivity contribution in [1.29, 1.82) is 0 Å². The lowest BCUT2D eigenvalue weighted by molar-refractivity contribution is 0.406. The number of thioether (sulfide) groups is 1. The summed E-state index contributed by atoms with van der Waals surface area (Å²) in [5, 5.41) is 4.80. The van der Waals surface area contributed by atoms with Crippen molar-refractivity contribution in [1.82, 2.24) is 10.3 Å². The minimum absolute atomic E-state index is 0.220. The second-order valence-corrected chi connectivity index (χ2v) is 7.43. The lowest BCUT2D eigenvalue weighted by Crippen LogP contribution is -2.27. The maximum atomic E-state index is 4.56. The third-order valence-corrected chi connectivity index (χ3v) is 4.04. The van der Waals surface area contributed by atoms with Gasteiger partial charge in [0.15, 0.2) is 0 Å². The first kappa shape index (κ1) is 12.9. The van der Waals surface area contributed by atoms with Gasteiger partial charge >= 0.3 is 0 Å². The molecule has 0 bridgehead atoms. The van der Waals surface area contributed by atoms with Gasteiger partial charge < -0.3 is 5.32 Å². The average Bonchev–Trinajstić information content (AvgIpc) is 2.29. The van der Waals surface area contributed by atoms with Crippen LogP contribution in [0.25, 0.3) is 0 Å². The minimum Gasteiger partial charge on any atom is -0.310 e. The van der Waals surface area contributed by atoms with Crippen molar-refractivity contribution in [3.8, 4) is 0 Å². The molecule has 1 atom stereocenters. The predicted molar refractivity (Wildman–Crippen MR) is 74.4 cm³/mol. The quantitative estimate of drug-likeness (QED) is 0.808. The zero-order valence-corrected chi connectivity index (χ0v) is 11.8. The SMILES string of the molecule is CC(C)(C)Sc1ncccc1C1CCCCN1. The third kappa shape index (κ3) is 3.71. The number of pyridine rings is 1. The molecule has 0 radical (unpaired) electrons. The highest BCUT2D eigenvalue weighted by Crippen LogP contribution is 2.36. The fraction of sp³-hybridized carbons (Fsp3) is 0.643. The van der Waals surface area contributed by atoms with Crippen molar-refractivity contribution in [3.63, 3.8) is 0 Å². The van der Waals surface area contributed by atoms with Gasteiger partial charge in [0.05, 0.1) is 0 Å². The summed E-state index contributed by atoms with van der Waals surface area (Å²) < 4.78 is 0.220. The van der Waals surface area contributed by atoms with Crippen molar-refractivity contribution in [2.24, 2.45) is 0 Å². The summed E-state index contributed by atoms with van der Waals surface area (Å²) in [6, 6.07) is 4.78. The molecule has 3 heteroatoms. The fourth-order valence-electron chi connectivity index (χ4n) is 2.16. The Bertz CT molecular complexity index is 365. The second-order valence-electron chi connectivity index (χ2n) is 5.61. The third-order valence-electron chi connectivity index (χ3n) is 2.89. The molecule has 0 spiro atoms. The molecule has 0 saturated carbocycles. The molecule has 1 N–H and O–H groups in total. The number of nitrogens with zero attached hydrogens (tertiary/aromatic N) is 1. The number of hydrogen-bond donors (Lipinski definition) is 1. The summed E-state index contributed by atoms with van der Waals surface area (Å²) in [5.74, 6) is 0. The van der Waals surface area contributed by atoms with Crippen LogP contribution >= 0.6 is 11.8 Å². The van der Waals surface area contributed by atoms with Crippen molar-refractivity contribution >= 4 is 11.8 Å². The van der Waals surface area contributed by atoms with Crippen LogP contribution in [0.1, 0.15) is 51.6 Å². The first-order valence-corrected chi connectivity index (χ1v) is 7.25. The zero-order valence-electron chi connectivity index (χ0n) is 11.0. The molecule has 2 heterocycles. The van der Waals surface area contributed by atoms with Crippen LogP contribution in [0.15, 0.2) is 23.4 Å². The molecule has 1 fully saturated rings. The first-order chi connectivity index (χ1) is 8.06. The van der Waals surface area contributed by atoms with E-state index in [0.717, 1.165) is 6.54 Å². The van der Waals surface area contributed by atoms with Gasteiger partial charge in [-0.05, 0) is 25.5 Å². The largest absolute Gasteiger partial charge is 0.310 e. The molecule has 0 aromatic carbocycles. The smallest absolute Gasteiger partial charge is 0.101 e. The molecule has 2 nitrogen and oxygen atoms in total. The Balaban J connectivity index is 2.20. The van der Waals surface area contributed by atoms with Crippen molar-refractivity contribution < 1.29 is 0 Å². The number of aromatic nitrogens is 1. The van der Waals surface area contributed by atoms with Gasteiger partial charge in [0.2, 0.25) is 0 Å². The summed E-state index contributed by atoms with van der Waals surface area (Å²) in [6.07, 6.45) is 5.77. The Morgan fingerprint density at radius 1 is 1.35 bits per heavy atom. The molecule has 2 rings (SSSR count). The highest BCUT2D eigenvalue weighted by molar-refractivity contribution is 8.00. The van der Waals surface area contributed by atoms with E-state index >= 15 is 0 Å². The van der Waals surface area contributed by atoms with Gasteiger partial charge in [-0.15, -0.1) is 11.8 Å². The molecule has 1 aromatic heterocycles. The van der Waals surface area contributed by atoms with E-state index in [2.05, 4.69) is 43.2 Å². The molecule has 1 unspecified atom stereocenters. The fourth-order valence-corrected chi connectivity index (χ4v) is 3.18. The van der Waals surface area contributed by atoms with E-state index in [1.165, 1.54) is 29.9 Å². The Labute approximate surface area is 109 Å². The van der Waals surface area contributed by atoms with Gasteiger partial charge in [-0.1, -0.05) is 33.3 Å². The van der Waals surface area contributed by atoms with E-state index in [4.69, 9.17) is 0 Å². The van der Waals surface area contributed by atoms with Crippen molar-refractivity contribution in [2.45, 2.75) is 55.8 Å². The lowest BCUT2D eigenvalue weighted by atomic mass is 9.99. The van der Waals surface area contributed by atoms with Gasteiger partial charge in [0.25, 0.3) is 0 Å². The van der Waals surface area contributed by atoms with Gasteiger partial charge in [-0.2, -0.15) is 0 Å². The maximum Gasteiger partial charge on any atom is 0.101 e. The zero-order chi connectivity index (χ0) is 12.3. The highest BCUT2D eigenvalue weighted by atomic mass is 32.2. The van der Waals surface area contributed by atoms with Crippen molar-refractivity contribution in [3.05, 3.63) is 23.9 Å². The molecular formula is C14H22N2S. The lowest BCUT2D eigenvalue weighted by Gasteiger charge is -2.27. The minimum atomic E-state index is 0.220. The van der Waals surface area contributed by atoms with Crippen LogP contribution in [-0.4, -0.2) is 16.3 Å². The predicted octanol–water partition coefficient (Wildman–Crippen LogP) is 3.79. The summed E-state index contributed by atoms with van der Waals surface area (Å²) >= 11 is 1.87. The Morgan fingerprint density at radius 3 is 2.82 bits per heavy atom. The van der Waals surface area contributed by atoms with E-state index in [1.807, 2.05) is 18.0 Å². The Hall–Kier alpha value is -0.540. The second kappa shape index (κ2) is 5.40. The normalized spacial score (nSPS) is 21.5. The summed E-state index contributed by atoms with van der Waals surface area (Å²) in [7, 11) is 0. The number of piperidine rings is 1. The molecule has 17 heavy (non-hydrogen) atoms. The van der Waals surface area contributed by atoms with E-state index in [9.17, 15) is 0 Å². The summed E-state index contributed by atoms with van der Waals surface area (Å²) in [5.41, 5.74) is 1.38. The number of rotatable bonds is 2. The molecule has 94 valence electrons. The van der Waals surface area contributed by atoms with Crippen LogP contribution in [0.2, 0.25) is 0 Å². The number of hydrogen-bond acceptors (Lipinski definition) is 3. The Kier molecular flexibility index (Phi) is 4.10. The monoisotopic (exact) mass is 250 g/mol. The molecule has 1 saturated heterocycles. The van der Waals surface area contributed by atoms with E-state index in [-0.39, 0.29) is 4.75 Å². The summed E-state index contributed by atoms with van der Waals surface area (Å²) in [6.45, 7) is 7.86. The van der Waals surface area contributed by atoms with Gasteiger partial charge in [-0.25, -0.2) is 4.98 Å². The van der Waals surface area contributed by atoms with Crippen LogP contribution in [-0.2, 0) is 0 Å². The highest BCUT2D eigenvalue weighted by Gasteiger charge is 2.21. The molecule has 0 amide bonds. The molecule has 0 aliphatic carbocycles. The van der Waals surface area contributed by atoms with Gasteiger partial charge in [0.1, 0.15) is 5.03 Å². The van der Waals surface area contributed by atoms with E-state index in [0.29, 0.717) is 6.04 Å². The van der Waals surface area contributed by atoms with Gasteiger partial charge in [-0.3, -0.25) is 0 Å². The van der Waals surface area contributed by atoms with Crippen LogP contribution < -0.4 is 5.32 Å². The molecule has 1 aliphatic rings. The standard InChI is InChI=1S/C14H22N2S/c1-14(2,3)17-13-11(7-6-10-16-13)12-8-4-5-9-15-12/h6-7,10,12,15H,4-5,8-9H2,1-3H3. The summed E-state index contributed by atoms with van der Waals surface area (Å²) in [4.78, 5) is 4.56. The van der Waals surface area contributed by atoms with Crippen LogP contribution in [0.5, 0.6) is 0 Å². The van der Waals surface area contributed by atoms with Crippen LogP contribution in [0.4, 0.5) is 0 Å². The molecule has 1 aromatic rings. The Morgan fingerprint density at radius 2 is 2.18 bits per heavy atom. The maximum absolute atomic E-state index is 4.56. The topological polar surface area (TPSA) is 24.9 Å². The van der Waals surface area contributed by atoms with Crippen LogP contribution in [0.3, 0.4) is 0 Å². The molecule has 1 aliphatic heterocycles.